The van der Waals surface area contributed by atoms with Crippen LogP contribution in [0.5, 0.6) is 0 Å². The van der Waals surface area contributed by atoms with E-state index in [9.17, 15) is 0 Å². The molecule has 0 heterocycles. The van der Waals surface area contributed by atoms with Gasteiger partial charge in [-0.1, -0.05) is 0 Å². The van der Waals surface area contributed by atoms with Crippen LogP contribution in [0.2, 0.25) is 0 Å². The molecule has 0 aromatic rings. The standard InChI is InChI=1S/2Mn.Mo.5O/q2*+2;;;;;2*-2. The van der Waals surface area contributed by atoms with E-state index in [1.165, 1.54) is 0 Å². The zero-order chi connectivity index (χ0) is 3.58. The van der Waals surface area contributed by atoms with E-state index in [-0.39, 0.29) is 45.1 Å². The van der Waals surface area contributed by atoms with Crippen LogP contribution in [-0.4, -0.2) is 0 Å². The van der Waals surface area contributed by atoms with Gasteiger partial charge in [-0.2, -0.15) is 0 Å². The van der Waals surface area contributed by atoms with Crippen molar-refractivity contribution in [2.75, 3.05) is 0 Å². The van der Waals surface area contributed by atoms with Crippen LogP contribution < -0.4 is 0 Å². The molecular weight excluding hydrogens is 286 g/mol. The van der Waals surface area contributed by atoms with Crippen LogP contribution in [0, 0.1) is 0 Å². The van der Waals surface area contributed by atoms with E-state index in [1.54, 1.807) is 0 Å². The summed E-state index contributed by atoms with van der Waals surface area (Å²) in [6.07, 6.45) is 0. The first-order valence-corrected chi connectivity index (χ1v) is 2.96. The van der Waals surface area contributed by atoms with Gasteiger partial charge in [-0.15, -0.1) is 0 Å². The summed E-state index contributed by atoms with van der Waals surface area (Å²) in [5, 5.41) is 0. The second kappa shape index (κ2) is 24.4. The third-order valence-corrected chi connectivity index (χ3v) is 0. The molecule has 8 heavy (non-hydrogen) atoms. The average Bonchev–Trinajstić information content (AvgIpc) is 0.811. The Hall–Kier alpha value is 1.05. The summed E-state index contributed by atoms with van der Waals surface area (Å²) < 4.78 is 25.8. The molecule has 0 rings (SSSR count). The Morgan fingerprint density at radius 1 is 0.750 bits per heavy atom. The van der Waals surface area contributed by atoms with E-state index < -0.39 is 17.2 Å². The molecule has 0 fully saturated rings. The van der Waals surface area contributed by atoms with E-state index in [1.807, 2.05) is 0 Å². The summed E-state index contributed by atoms with van der Waals surface area (Å²) in [5.41, 5.74) is 0. The predicted octanol–water partition coefficient (Wildman–Crippen LogP) is -0.602. The third kappa shape index (κ3) is 235. The first-order valence-electron chi connectivity index (χ1n) is 0.500. The van der Waals surface area contributed by atoms with Crippen LogP contribution in [0.15, 0.2) is 0 Å². The number of hydrogen-bond acceptors (Lipinski definition) is 3. The molecule has 0 bridgehead atoms. The van der Waals surface area contributed by atoms with Crippen molar-refractivity contribution >= 4 is 0 Å². The van der Waals surface area contributed by atoms with Crippen LogP contribution >= 0.6 is 0 Å². The second-order valence-electron chi connectivity index (χ2n) is 0.204. The van der Waals surface area contributed by atoms with E-state index >= 15 is 0 Å². The average molecular weight is 286 g/mol. The summed E-state index contributed by atoms with van der Waals surface area (Å²) in [7, 11) is 0. The zero-order valence-electron chi connectivity index (χ0n) is 3.21. The molecule has 0 aliphatic carbocycles. The van der Waals surface area contributed by atoms with Gasteiger partial charge in [0.1, 0.15) is 0 Å². The minimum atomic E-state index is -4.11. The molecule has 0 aromatic carbocycles. The number of rotatable bonds is 0. The summed E-state index contributed by atoms with van der Waals surface area (Å²) in [6, 6.07) is 0. The maximum atomic E-state index is 8.59. The number of hydrogen-bond donors (Lipinski definition) is 0. The minimum absolute atomic E-state index is 0. The monoisotopic (exact) mass is 288 g/mol. The molecule has 0 aliphatic rings. The first-order chi connectivity index (χ1) is 1.73. The molecule has 0 saturated carbocycles. The van der Waals surface area contributed by atoms with Crippen LogP contribution in [0.25, 0.3) is 0 Å². The van der Waals surface area contributed by atoms with Gasteiger partial charge in [0.25, 0.3) is 0 Å². The fourth-order valence-corrected chi connectivity index (χ4v) is 0. The van der Waals surface area contributed by atoms with Gasteiger partial charge in [0, 0.05) is 0 Å². The van der Waals surface area contributed by atoms with Gasteiger partial charge in [0.2, 0.25) is 0 Å². The zero-order valence-corrected chi connectivity index (χ0v) is 7.57. The molecular formula is Mn2MoO5. The van der Waals surface area contributed by atoms with Crippen molar-refractivity contribution in [3.63, 3.8) is 0 Å². The SMILES string of the molecule is [Mn+2].[Mn+2].[O-2].[O-2].[O]=[Mo](=[O])=[O]. The summed E-state index contributed by atoms with van der Waals surface area (Å²) in [5.74, 6) is 0. The van der Waals surface area contributed by atoms with Gasteiger partial charge in [0.15, 0.2) is 0 Å². The molecule has 0 unspecified atom stereocenters. The van der Waals surface area contributed by atoms with Crippen molar-refractivity contribution in [3.05, 3.63) is 0 Å². The molecule has 0 amide bonds. The Bertz CT molecular complexity index is 79.8. The van der Waals surface area contributed by atoms with Gasteiger partial charge in [0.05, 0.1) is 0 Å². The summed E-state index contributed by atoms with van der Waals surface area (Å²) in [6.45, 7) is 0. The van der Waals surface area contributed by atoms with Crippen molar-refractivity contribution in [2.24, 2.45) is 0 Å². The Kier molecular flexibility index (Phi) is 109. The Morgan fingerprint density at radius 3 is 0.750 bits per heavy atom. The molecule has 5 nitrogen and oxygen atoms in total. The van der Waals surface area contributed by atoms with Crippen molar-refractivity contribution < 1.29 is 72.5 Å². The van der Waals surface area contributed by atoms with Crippen molar-refractivity contribution in [3.8, 4) is 0 Å². The molecule has 50 valence electrons. The molecule has 0 atom stereocenters. The fourth-order valence-electron chi connectivity index (χ4n) is 0. The quantitative estimate of drug-likeness (QED) is 0.554. The molecule has 0 spiro atoms. The van der Waals surface area contributed by atoms with Gasteiger partial charge in [-0.05, 0) is 0 Å². The van der Waals surface area contributed by atoms with E-state index in [2.05, 4.69) is 0 Å². The fraction of sp³-hybridized carbons (Fsp3) is 0. The second-order valence-corrected chi connectivity index (χ2v) is 1.21. The predicted molar refractivity (Wildman–Crippen MR) is 3.43 cm³/mol. The van der Waals surface area contributed by atoms with Crippen molar-refractivity contribution in [1.29, 1.82) is 0 Å². The summed E-state index contributed by atoms with van der Waals surface area (Å²) >= 11 is -4.11. The van der Waals surface area contributed by atoms with E-state index in [0.717, 1.165) is 0 Å². The molecule has 8 heteroatoms. The van der Waals surface area contributed by atoms with Crippen LogP contribution in [0.1, 0.15) is 0 Å². The Morgan fingerprint density at radius 2 is 0.750 bits per heavy atom. The van der Waals surface area contributed by atoms with Crippen LogP contribution in [0.3, 0.4) is 0 Å². The summed E-state index contributed by atoms with van der Waals surface area (Å²) in [4.78, 5) is 0. The molecule has 0 N–H and O–H groups in total. The Labute approximate surface area is 72.3 Å². The van der Waals surface area contributed by atoms with Gasteiger partial charge in [-0.3, -0.25) is 0 Å². The van der Waals surface area contributed by atoms with Gasteiger partial charge < -0.3 is 11.0 Å². The van der Waals surface area contributed by atoms with E-state index in [0.29, 0.717) is 0 Å². The van der Waals surface area contributed by atoms with Crippen LogP contribution in [-0.2, 0) is 72.5 Å². The molecule has 0 saturated heterocycles. The van der Waals surface area contributed by atoms with Crippen LogP contribution in [0.4, 0.5) is 0 Å². The Balaban J connectivity index is -0.00000000750. The third-order valence-electron chi connectivity index (χ3n) is 0. The van der Waals surface area contributed by atoms with Gasteiger partial charge >= 0.3 is 61.5 Å². The van der Waals surface area contributed by atoms with Crippen molar-refractivity contribution in [1.82, 2.24) is 0 Å². The first kappa shape index (κ1) is 35.8. The molecule has 0 aliphatic heterocycles. The van der Waals surface area contributed by atoms with Crippen molar-refractivity contribution in [2.45, 2.75) is 0 Å². The topological polar surface area (TPSA) is 108 Å². The molecule has 2 radical (unpaired) electrons. The normalized spacial score (nSPS) is 3.00. The maximum absolute atomic E-state index is 8.59. The van der Waals surface area contributed by atoms with Gasteiger partial charge in [-0.25, -0.2) is 0 Å². The molecule has 0 aromatic heterocycles. The van der Waals surface area contributed by atoms with E-state index in [4.69, 9.17) is 10.2 Å².